The number of rotatable bonds is 7. The quantitative estimate of drug-likeness (QED) is 0.359. The summed E-state index contributed by atoms with van der Waals surface area (Å²) in [5.41, 5.74) is -2.08. The first-order valence-corrected chi connectivity index (χ1v) is 6.99. The molecule has 0 rings (SSSR count). The minimum absolute atomic E-state index is 0.755. The van der Waals surface area contributed by atoms with E-state index in [0.29, 0.717) is 0 Å². The van der Waals surface area contributed by atoms with Gasteiger partial charge in [0.2, 0.25) is 0 Å². The van der Waals surface area contributed by atoms with Crippen LogP contribution in [0.2, 0.25) is 0 Å². The molecule has 0 N–H and O–H groups in total. The maximum atomic E-state index is 14.1. The number of carbonyl (C=O) groups is 1. The van der Waals surface area contributed by atoms with Gasteiger partial charge in [0.25, 0.3) is 0 Å². The van der Waals surface area contributed by atoms with Gasteiger partial charge in [0, 0.05) is 0 Å². The predicted molar refractivity (Wildman–Crippen MR) is 67.9 cm³/mol. The van der Waals surface area contributed by atoms with Crippen LogP contribution in [-0.4, -0.2) is 47.8 Å². The third-order valence-electron chi connectivity index (χ3n) is 2.62. The van der Waals surface area contributed by atoms with Crippen LogP contribution < -0.4 is 0 Å². The molecular weight excluding hydrogens is 467 g/mol. The topological polar surface area (TPSA) is 44.8 Å². The van der Waals surface area contributed by atoms with Crippen molar-refractivity contribution < 1.29 is 76.1 Å². The highest BCUT2D eigenvalue weighted by Gasteiger charge is 2.82. The van der Waals surface area contributed by atoms with Gasteiger partial charge in [0.15, 0.2) is 5.83 Å². The average molecular weight is 478 g/mol. The van der Waals surface area contributed by atoms with E-state index < -0.39 is 53.7 Å². The molecule has 17 heteroatoms. The maximum absolute atomic E-state index is 14.1. The molecule has 0 aliphatic rings. The number of halogens is 13. The van der Waals surface area contributed by atoms with Crippen molar-refractivity contribution in [2.75, 3.05) is 0 Å². The lowest BCUT2D eigenvalue weighted by atomic mass is 10.2. The second-order valence-corrected chi connectivity index (χ2v) is 6.33. The van der Waals surface area contributed by atoms with Crippen molar-refractivity contribution >= 4 is 5.97 Å². The Balaban J connectivity index is 6.53. The first-order chi connectivity index (χ1) is 12.7. The van der Waals surface area contributed by atoms with Crippen LogP contribution >= 0.6 is 0 Å². The Bertz CT molecular complexity index is 663. The van der Waals surface area contributed by atoms with Crippen LogP contribution in [0.25, 0.3) is 0 Å². The lowest BCUT2D eigenvalue weighted by Gasteiger charge is -2.38. The number of alkyl halides is 12. The van der Waals surface area contributed by atoms with E-state index in [0.717, 1.165) is 20.8 Å². The minimum atomic E-state index is -7.39. The van der Waals surface area contributed by atoms with Crippen molar-refractivity contribution in [1.29, 1.82) is 0 Å². The molecule has 0 saturated heterocycles. The Hall–Kier alpha value is -1.78. The van der Waals surface area contributed by atoms with Gasteiger partial charge in [-0.3, -0.25) is 9.47 Å². The smallest absolute Gasteiger partial charge is 0.455 e. The molecule has 0 aromatic rings. The van der Waals surface area contributed by atoms with E-state index >= 15 is 0 Å². The van der Waals surface area contributed by atoms with Crippen LogP contribution in [0.3, 0.4) is 0 Å². The second kappa shape index (κ2) is 7.72. The van der Waals surface area contributed by atoms with Crippen molar-refractivity contribution in [2.45, 2.75) is 62.7 Å². The zero-order valence-corrected chi connectivity index (χ0v) is 14.8. The molecule has 30 heavy (non-hydrogen) atoms. The lowest BCUT2D eigenvalue weighted by Crippen LogP contribution is -2.66. The molecule has 2 atom stereocenters. The SMILES string of the molecule is C=C(F)C(F)(F)OC(F)(C(F)(F)F)C(F)(F)OC(F)(C(=O)OC(C)(C)C)C(F)(F)F. The third-order valence-corrected chi connectivity index (χ3v) is 2.62. The summed E-state index contributed by atoms with van der Waals surface area (Å²) >= 11 is 0. The molecular formula is C13H11F13O4. The zero-order chi connectivity index (χ0) is 24.8. The van der Waals surface area contributed by atoms with Gasteiger partial charge in [0.1, 0.15) is 5.60 Å². The standard InChI is InChI=1S/C13H11F13O4/c1-5(14)9(16,17)30-10(18,12(22,23)24)13(25,26)29-8(15,11(19,20)21)6(27)28-7(2,3)4/h1H2,2-4H3. The molecule has 4 nitrogen and oxygen atoms in total. The van der Waals surface area contributed by atoms with Gasteiger partial charge < -0.3 is 4.74 Å². The Morgan fingerprint density at radius 2 is 1.13 bits per heavy atom. The lowest BCUT2D eigenvalue weighted by molar-refractivity contribution is -0.522. The van der Waals surface area contributed by atoms with Gasteiger partial charge in [-0.25, -0.2) is 9.18 Å². The number of hydrogen-bond acceptors (Lipinski definition) is 4. The molecule has 0 saturated carbocycles. The number of hydrogen-bond donors (Lipinski definition) is 0. The summed E-state index contributed by atoms with van der Waals surface area (Å²) in [6, 6.07) is 0. The number of ether oxygens (including phenoxy) is 3. The molecule has 0 fully saturated rings. The summed E-state index contributed by atoms with van der Waals surface area (Å²) in [6.07, 6.45) is -27.9. The normalized spacial score (nSPS) is 18.4. The molecule has 0 spiro atoms. The Morgan fingerprint density at radius 1 is 0.733 bits per heavy atom. The highest BCUT2D eigenvalue weighted by molar-refractivity contribution is 5.79. The van der Waals surface area contributed by atoms with Gasteiger partial charge >= 0.3 is 42.2 Å². The summed E-state index contributed by atoms with van der Waals surface area (Å²) < 4.78 is 178. The summed E-state index contributed by atoms with van der Waals surface area (Å²) in [5, 5.41) is 0. The fraction of sp³-hybridized carbons (Fsp3) is 0.769. The van der Waals surface area contributed by atoms with Crippen molar-refractivity contribution in [3.63, 3.8) is 0 Å². The highest BCUT2D eigenvalue weighted by atomic mass is 19.4. The monoisotopic (exact) mass is 478 g/mol. The van der Waals surface area contributed by atoms with Gasteiger partial charge in [0.05, 0.1) is 0 Å². The van der Waals surface area contributed by atoms with E-state index in [-0.39, 0.29) is 0 Å². The van der Waals surface area contributed by atoms with Crippen LogP contribution in [0.4, 0.5) is 57.1 Å². The van der Waals surface area contributed by atoms with Crippen LogP contribution in [0.1, 0.15) is 20.8 Å². The van der Waals surface area contributed by atoms with E-state index in [9.17, 15) is 61.9 Å². The van der Waals surface area contributed by atoms with E-state index in [2.05, 4.69) is 9.47 Å². The molecule has 2 unspecified atom stereocenters. The van der Waals surface area contributed by atoms with Crippen molar-refractivity contribution in [3.05, 3.63) is 12.4 Å². The molecule has 0 aromatic heterocycles. The Kier molecular flexibility index (Phi) is 7.27. The zero-order valence-electron chi connectivity index (χ0n) is 14.8. The maximum Gasteiger partial charge on any atom is 0.460 e. The summed E-state index contributed by atoms with van der Waals surface area (Å²) in [6.45, 7) is 3.93. The van der Waals surface area contributed by atoms with Crippen LogP contribution in [0.15, 0.2) is 12.4 Å². The van der Waals surface area contributed by atoms with Crippen molar-refractivity contribution in [2.24, 2.45) is 0 Å². The fourth-order valence-electron chi connectivity index (χ4n) is 1.32. The van der Waals surface area contributed by atoms with Gasteiger partial charge in [-0.2, -0.15) is 52.7 Å². The molecule has 0 amide bonds. The molecule has 0 heterocycles. The van der Waals surface area contributed by atoms with Crippen LogP contribution in [-0.2, 0) is 19.0 Å². The highest BCUT2D eigenvalue weighted by Crippen LogP contribution is 2.53. The van der Waals surface area contributed by atoms with E-state index in [4.69, 9.17) is 0 Å². The van der Waals surface area contributed by atoms with E-state index in [1.165, 1.54) is 0 Å². The Labute approximate surface area is 158 Å². The van der Waals surface area contributed by atoms with Crippen LogP contribution in [0.5, 0.6) is 0 Å². The van der Waals surface area contributed by atoms with Gasteiger partial charge in [-0.15, -0.1) is 0 Å². The molecule has 0 radical (unpaired) electrons. The fourth-order valence-corrected chi connectivity index (χ4v) is 1.32. The first-order valence-electron chi connectivity index (χ1n) is 6.99. The summed E-state index contributed by atoms with van der Waals surface area (Å²) in [4.78, 5) is 11.3. The molecule has 0 aromatic carbocycles. The average Bonchev–Trinajstić information content (AvgIpc) is 2.41. The Morgan fingerprint density at radius 3 is 1.40 bits per heavy atom. The first kappa shape index (κ1) is 28.2. The largest absolute Gasteiger partial charge is 0.460 e. The molecule has 178 valence electrons. The van der Waals surface area contributed by atoms with Gasteiger partial charge in [-0.1, -0.05) is 6.58 Å². The number of esters is 1. The van der Waals surface area contributed by atoms with E-state index in [1.807, 2.05) is 4.74 Å². The third kappa shape index (κ3) is 5.67. The predicted octanol–water partition coefficient (Wildman–Crippen LogP) is 5.49. The van der Waals surface area contributed by atoms with Crippen LogP contribution in [0, 0.1) is 0 Å². The molecule has 0 bridgehead atoms. The summed E-state index contributed by atoms with van der Waals surface area (Å²) in [5.74, 6) is -20.6. The summed E-state index contributed by atoms with van der Waals surface area (Å²) in [7, 11) is 0. The molecule has 0 aliphatic heterocycles. The second-order valence-electron chi connectivity index (χ2n) is 6.33. The molecule has 0 aliphatic carbocycles. The van der Waals surface area contributed by atoms with E-state index in [1.54, 1.807) is 6.58 Å². The van der Waals surface area contributed by atoms with Gasteiger partial charge in [-0.05, 0) is 20.8 Å². The van der Waals surface area contributed by atoms with Crippen molar-refractivity contribution in [3.8, 4) is 0 Å². The van der Waals surface area contributed by atoms with Crippen molar-refractivity contribution in [1.82, 2.24) is 0 Å². The number of carbonyl (C=O) groups excluding carboxylic acids is 1. The minimum Gasteiger partial charge on any atom is -0.455 e.